The predicted octanol–water partition coefficient (Wildman–Crippen LogP) is 3.67. The predicted molar refractivity (Wildman–Crippen MR) is 57.7 cm³/mol. The van der Waals surface area contributed by atoms with Gasteiger partial charge in [-0.3, -0.25) is 0 Å². The minimum absolute atomic E-state index is 0.212. The highest BCUT2D eigenvalue weighted by Gasteiger charge is 2.35. The van der Waals surface area contributed by atoms with Crippen molar-refractivity contribution < 1.29 is 4.79 Å². The second kappa shape index (κ2) is 3.81. The first kappa shape index (κ1) is 12.7. The van der Waals surface area contributed by atoms with Crippen LogP contribution >= 0.6 is 0 Å². The average Bonchev–Trinajstić information content (AvgIpc) is 1.77. The fourth-order valence-corrected chi connectivity index (χ4v) is 2.20. The normalized spacial score (nSPS) is 13.5. The molecule has 0 spiro atoms. The van der Waals surface area contributed by atoms with Gasteiger partial charge in [0.25, 0.3) is 0 Å². The molecule has 0 aromatic rings. The Morgan fingerprint density at radius 1 is 1.00 bits per heavy atom. The number of carbonyl (C=O) groups is 1. The monoisotopic (exact) mass is 184 g/mol. The van der Waals surface area contributed by atoms with Crippen molar-refractivity contribution in [2.24, 2.45) is 16.7 Å². The summed E-state index contributed by atoms with van der Waals surface area (Å²) in [5.74, 6) is 0.757. The highest BCUT2D eigenvalue weighted by atomic mass is 16.1. The molecular formula is C12H24O. The van der Waals surface area contributed by atoms with Crippen LogP contribution in [0.15, 0.2) is 0 Å². The van der Waals surface area contributed by atoms with Crippen LogP contribution in [0.25, 0.3) is 0 Å². The zero-order valence-electron chi connectivity index (χ0n) is 10.2. The lowest BCUT2D eigenvalue weighted by Crippen LogP contribution is -2.33. The third-order valence-electron chi connectivity index (χ3n) is 2.58. The van der Waals surface area contributed by atoms with E-state index < -0.39 is 0 Å². The fraction of sp³-hybridized carbons (Fsp3) is 0.917. The molecule has 0 radical (unpaired) electrons. The molecule has 0 saturated heterocycles. The summed E-state index contributed by atoms with van der Waals surface area (Å²) in [6.07, 6.45) is 0.701. The highest BCUT2D eigenvalue weighted by Crippen LogP contribution is 2.41. The number of hydrogen-bond donors (Lipinski definition) is 0. The van der Waals surface area contributed by atoms with Crippen molar-refractivity contribution >= 4 is 5.78 Å². The van der Waals surface area contributed by atoms with E-state index in [9.17, 15) is 4.79 Å². The van der Waals surface area contributed by atoms with Crippen molar-refractivity contribution in [2.45, 2.75) is 54.9 Å². The van der Waals surface area contributed by atoms with Gasteiger partial charge in [-0.05, 0) is 23.7 Å². The molecule has 0 aliphatic rings. The van der Waals surface area contributed by atoms with Crippen LogP contribution in [-0.2, 0) is 4.79 Å². The van der Waals surface area contributed by atoms with Gasteiger partial charge in [0.1, 0.15) is 5.78 Å². The van der Waals surface area contributed by atoms with Crippen LogP contribution in [0.3, 0.4) is 0 Å². The van der Waals surface area contributed by atoms with Crippen molar-refractivity contribution in [1.82, 2.24) is 0 Å². The van der Waals surface area contributed by atoms with Crippen molar-refractivity contribution in [3.8, 4) is 0 Å². The van der Waals surface area contributed by atoms with E-state index in [0.717, 1.165) is 0 Å². The largest absolute Gasteiger partial charge is 0.300 e. The van der Waals surface area contributed by atoms with E-state index >= 15 is 0 Å². The first-order valence-electron chi connectivity index (χ1n) is 5.04. The maximum atomic E-state index is 11.1. The second-order valence-corrected chi connectivity index (χ2v) is 6.19. The molecule has 0 unspecified atom stereocenters. The van der Waals surface area contributed by atoms with Crippen LogP contribution < -0.4 is 0 Å². The third-order valence-corrected chi connectivity index (χ3v) is 2.58. The molecule has 0 N–H and O–H groups in total. The average molecular weight is 184 g/mol. The minimum atomic E-state index is 0.212. The minimum Gasteiger partial charge on any atom is -0.300 e. The molecule has 78 valence electrons. The van der Waals surface area contributed by atoms with E-state index in [-0.39, 0.29) is 10.8 Å². The Hall–Kier alpha value is -0.330. The van der Waals surface area contributed by atoms with Gasteiger partial charge in [-0.25, -0.2) is 0 Å². The van der Waals surface area contributed by atoms with Gasteiger partial charge >= 0.3 is 0 Å². The Morgan fingerprint density at radius 3 is 1.38 bits per heavy atom. The fourth-order valence-electron chi connectivity index (χ4n) is 2.20. The number of rotatable bonds is 2. The van der Waals surface area contributed by atoms with Gasteiger partial charge < -0.3 is 4.79 Å². The Bertz CT molecular complexity index is 164. The number of ketones is 1. The van der Waals surface area contributed by atoms with Gasteiger partial charge in [0, 0.05) is 6.42 Å². The van der Waals surface area contributed by atoms with Crippen molar-refractivity contribution in [1.29, 1.82) is 0 Å². The Labute approximate surface area is 82.9 Å². The van der Waals surface area contributed by atoms with E-state index in [2.05, 4.69) is 41.5 Å². The SMILES string of the molecule is CC(=O)CC(C(C)(C)C)C(C)(C)C. The molecule has 0 saturated carbocycles. The molecule has 0 aliphatic heterocycles. The maximum absolute atomic E-state index is 11.1. The van der Waals surface area contributed by atoms with Gasteiger partial charge in [0.15, 0.2) is 0 Å². The molecule has 0 aromatic heterocycles. The summed E-state index contributed by atoms with van der Waals surface area (Å²) in [4.78, 5) is 11.1. The topological polar surface area (TPSA) is 17.1 Å². The van der Waals surface area contributed by atoms with Crippen LogP contribution in [-0.4, -0.2) is 5.78 Å². The summed E-state index contributed by atoms with van der Waals surface area (Å²) in [7, 11) is 0. The van der Waals surface area contributed by atoms with E-state index in [4.69, 9.17) is 0 Å². The second-order valence-electron chi connectivity index (χ2n) is 6.19. The Morgan fingerprint density at radius 2 is 1.31 bits per heavy atom. The van der Waals surface area contributed by atoms with Crippen molar-refractivity contribution in [3.63, 3.8) is 0 Å². The summed E-state index contributed by atoms with van der Waals surface area (Å²) in [6, 6.07) is 0. The van der Waals surface area contributed by atoms with Gasteiger partial charge in [-0.15, -0.1) is 0 Å². The van der Waals surface area contributed by atoms with Crippen LogP contribution in [0.2, 0.25) is 0 Å². The van der Waals surface area contributed by atoms with Crippen molar-refractivity contribution in [2.75, 3.05) is 0 Å². The van der Waals surface area contributed by atoms with Gasteiger partial charge in [-0.2, -0.15) is 0 Å². The molecule has 0 rings (SSSR count). The van der Waals surface area contributed by atoms with E-state index in [1.54, 1.807) is 6.92 Å². The summed E-state index contributed by atoms with van der Waals surface area (Å²) < 4.78 is 0. The first-order chi connectivity index (χ1) is 5.55. The first-order valence-corrected chi connectivity index (χ1v) is 5.04. The lowest BCUT2D eigenvalue weighted by molar-refractivity contribution is -0.120. The molecule has 0 bridgehead atoms. The Balaban J connectivity index is 4.68. The highest BCUT2D eigenvalue weighted by molar-refractivity contribution is 5.75. The van der Waals surface area contributed by atoms with Gasteiger partial charge in [-0.1, -0.05) is 41.5 Å². The molecule has 0 aromatic carbocycles. The third kappa shape index (κ3) is 4.44. The van der Waals surface area contributed by atoms with Crippen LogP contribution in [0.4, 0.5) is 0 Å². The Kier molecular flexibility index (Phi) is 3.71. The molecule has 0 aliphatic carbocycles. The molecule has 0 fully saturated rings. The lowest BCUT2D eigenvalue weighted by Gasteiger charge is -2.40. The maximum Gasteiger partial charge on any atom is 0.130 e. The van der Waals surface area contributed by atoms with Gasteiger partial charge in [0.2, 0.25) is 0 Å². The molecule has 0 heterocycles. The molecule has 13 heavy (non-hydrogen) atoms. The standard InChI is InChI=1S/C12H24O/c1-9(13)8-10(11(2,3)4)12(5,6)7/h10H,8H2,1-7H3. The molecular weight excluding hydrogens is 160 g/mol. The number of carbonyl (C=O) groups excluding carboxylic acids is 1. The summed E-state index contributed by atoms with van der Waals surface area (Å²) in [5.41, 5.74) is 0.424. The zero-order valence-corrected chi connectivity index (χ0v) is 10.2. The van der Waals surface area contributed by atoms with E-state index in [1.807, 2.05) is 0 Å². The quantitative estimate of drug-likeness (QED) is 0.640. The summed E-state index contributed by atoms with van der Waals surface area (Å²) >= 11 is 0. The molecule has 0 atom stereocenters. The number of Topliss-reactive ketones (excluding diaryl/α,β-unsaturated/α-hetero) is 1. The van der Waals surface area contributed by atoms with Crippen LogP contribution in [0.5, 0.6) is 0 Å². The molecule has 1 heteroatoms. The molecule has 0 amide bonds. The summed E-state index contributed by atoms with van der Waals surface area (Å²) in [6.45, 7) is 15.0. The van der Waals surface area contributed by atoms with Gasteiger partial charge in [0.05, 0.1) is 0 Å². The van der Waals surface area contributed by atoms with E-state index in [0.29, 0.717) is 18.1 Å². The van der Waals surface area contributed by atoms with Crippen molar-refractivity contribution in [3.05, 3.63) is 0 Å². The lowest BCUT2D eigenvalue weighted by atomic mass is 9.65. The summed E-state index contributed by atoms with van der Waals surface area (Å²) in [5, 5.41) is 0. The van der Waals surface area contributed by atoms with Crippen LogP contribution in [0, 0.1) is 16.7 Å². The van der Waals surface area contributed by atoms with E-state index in [1.165, 1.54) is 0 Å². The van der Waals surface area contributed by atoms with Crippen LogP contribution in [0.1, 0.15) is 54.9 Å². The molecule has 1 nitrogen and oxygen atoms in total. The smallest absolute Gasteiger partial charge is 0.130 e. The zero-order chi connectivity index (χ0) is 10.9. The number of hydrogen-bond acceptors (Lipinski definition) is 1.